The molecule has 6 heteroatoms. The first kappa shape index (κ1) is 12.1. The van der Waals surface area contributed by atoms with Gasteiger partial charge in [0.25, 0.3) is 5.56 Å². The molecular formula is C11H9Cl2N3O. The van der Waals surface area contributed by atoms with E-state index in [1.54, 1.807) is 6.07 Å². The van der Waals surface area contributed by atoms with Gasteiger partial charge < -0.3 is 0 Å². The normalized spacial score (nSPS) is 10.6. The van der Waals surface area contributed by atoms with Crippen LogP contribution >= 0.6 is 23.2 Å². The van der Waals surface area contributed by atoms with Crippen LogP contribution in [-0.4, -0.2) is 14.8 Å². The maximum absolute atomic E-state index is 11.9. The van der Waals surface area contributed by atoms with E-state index in [0.717, 1.165) is 15.9 Å². The predicted molar refractivity (Wildman–Crippen MR) is 67.1 cm³/mol. The van der Waals surface area contributed by atoms with Crippen molar-refractivity contribution in [1.82, 2.24) is 14.8 Å². The Morgan fingerprint density at radius 1 is 1.24 bits per heavy atom. The zero-order valence-corrected chi connectivity index (χ0v) is 10.7. The zero-order valence-electron chi connectivity index (χ0n) is 9.24. The number of nitrogens with zero attached hydrogens (tertiary/aromatic N) is 3. The van der Waals surface area contributed by atoms with Crippen molar-refractivity contribution >= 4 is 23.2 Å². The van der Waals surface area contributed by atoms with Gasteiger partial charge in [-0.1, -0.05) is 23.2 Å². The Kier molecular flexibility index (Phi) is 3.17. The summed E-state index contributed by atoms with van der Waals surface area (Å²) >= 11 is 11.5. The second kappa shape index (κ2) is 4.47. The largest absolute Gasteiger partial charge is 0.293 e. The molecule has 0 aromatic carbocycles. The molecule has 0 unspecified atom stereocenters. The number of halogens is 2. The molecule has 2 aromatic rings. The van der Waals surface area contributed by atoms with E-state index in [9.17, 15) is 4.79 Å². The van der Waals surface area contributed by atoms with E-state index >= 15 is 0 Å². The standard InChI is InChI=1S/C11H9Cl2N3O/c1-6-3-7(2)15-9(4-6)16-11(17)10(13)8(12)5-14-16/h3-5H,1-2H3. The summed E-state index contributed by atoms with van der Waals surface area (Å²) in [5.41, 5.74) is 1.32. The highest BCUT2D eigenvalue weighted by Crippen LogP contribution is 2.16. The average Bonchev–Trinajstić information content (AvgIpc) is 2.24. The van der Waals surface area contributed by atoms with Gasteiger partial charge in [-0.3, -0.25) is 4.79 Å². The Bertz CT molecular complexity index is 617. The highest BCUT2D eigenvalue weighted by atomic mass is 35.5. The molecule has 0 fully saturated rings. The van der Waals surface area contributed by atoms with Crippen LogP contribution in [-0.2, 0) is 0 Å². The Hall–Kier alpha value is -1.39. The van der Waals surface area contributed by atoms with E-state index in [4.69, 9.17) is 23.2 Å². The van der Waals surface area contributed by atoms with Gasteiger partial charge in [0.15, 0.2) is 5.82 Å². The third-order valence-electron chi connectivity index (χ3n) is 2.18. The monoisotopic (exact) mass is 269 g/mol. The fourth-order valence-electron chi connectivity index (χ4n) is 1.50. The van der Waals surface area contributed by atoms with Crippen molar-refractivity contribution in [2.24, 2.45) is 0 Å². The molecular weight excluding hydrogens is 261 g/mol. The lowest BCUT2D eigenvalue weighted by Crippen LogP contribution is -2.22. The minimum Gasteiger partial charge on any atom is -0.266 e. The molecule has 4 nitrogen and oxygen atoms in total. The van der Waals surface area contributed by atoms with Gasteiger partial charge in [0, 0.05) is 5.69 Å². The lowest BCUT2D eigenvalue weighted by Gasteiger charge is -2.06. The second-order valence-corrected chi connectivity index (χ2v) is 4.45. The molecule has 0 atom stereocenters. The van der Waals surface area contributed by atoms with Crippen molar-refractivity contribution in [3.05, 3.63) is 50.0 Å². The summed E-state index contributed by atoms with van der Waals surface area (Å²) in [5, 5.41) is 4.00. The van der Waals surface area contributed by atoms with Crippen molar-refractivity contribution < 1.29 is 0 Å². The number of hydrogen-bond donors (Lipinski definition) is 0. The Morgan fingerprint density at radius 3 is 2.59 bits per heavy atom. The molecule has 0 radical (unpaired) electrons. The summed E-state index contributed by atoms with van der Waals surface area (Å²) in [5.74, 6) is 0.436. The summed E-state index contributed by atoms with van der Waals surface area (Å²) in [6.07, 6.45) is 1.32. The Morgan fingerprint density at radius 2 is 1.94 bits per heavy atom. The second-order valence-electron chi connectivity index (χ2n) is 3.67. The highest BCUT2D eigenvalue weighted by molar-refractivity contribution is 6.41. The number of aromatic nitrogens is 3. The molecule has 2 heterocycles. The first-order valence-electron chi connectivity index (χ1n) is 4.88. The quantitative estimate of drug-likeness (QED) is 0.800. The van der Waals surface area contributed by atoms with E-state index in [1.807, 2.05) is 19.9 Å². The highest BCUT2D eigenvalue weighted by Gasteiger charge is 2.10. The molecule has 2 rings (SSSR count). The van der Waals surface area contributed by atoms with Crippen LogP contribution in [0.2, 0.25) is 10.0 Å². The van der Waals surface area contributed by atoms with Crippen molar-refractivity contribution in [2.45, 2.75) is 13.8 Å². The number of pyridine rings is 1. The average molecular weight is 270 g/mol. The molecule has 0 aliphatic heterocycles. The van der Waals surface area contributed by atoms with Crippen LogP contribution in [0, 0.1) is 13.8 Å². The van der Waals surface area contributed by atoms with Crippen LogP contribution in [0.1, 0.15) is 11.3 Å². The molecule has 0 aliphatic rings. The van der Waals surface area contributed by atoms with Crippen LogP contribution in [0.4, 0.5) is 0 Å². The first-order valence-corrected chi connectivity index (χ1v) is 5.63. The number of rotatable bonds is 1. The first-order chi connectivity index (χ1) is 7.99. The van der Waals surface area contributed by atoms with E-state index in [0.29, 0.717) is 5.82 Å². The fraction of sp³-hybridized carbons (Fsp3) is 0.182. The maximum Gasteiger partial charge on any atom is 0.293 e. The van der Waals surface area contributed by atoms with Crippen LogP contribution in [0.15, 0.2) is 23.1 Å². The van der Waals surface area contributed by atoms with Gasteiger partial charge >= 0.3 is 0 Å². The lowest BCUT2D eigenvalue weighted by atomic mass is 10.2. The predicted octanol–water partition coefficient (Wildman–Crippen LogP) is 2.55. The summed E-state index contributed by atoms with van der Waals surface area (Å²) in [6.45, 7) is 3.76. The number of hydrogen-bond acceptors (Lipinski definition) is 3. The Balaban J connectivity index is 2.69. The Labute approximate surface area is 108 Å². The summed E-state index contributed by atoms with van der Waals surface area (Å²) in [7, 11) is 0. The molecule has 0 aliphatic carbocycles. The van der Waals surface area contributed by atoms with Gasteiger partial charge in [-0.05, 0) is 31.5 Å². The van der Waals surface area contributed by atoms with Crippen LogP contribution in [0.25, 0.3) is 5.82 Å². The van der Waals surface area contributed by atoms with Gasteiger partial charge in [0.05, 0.1) is 11.2 Å². The molecule has 0 spiro atoms. The molecule has 0 bridgehead atoms. The lowest BCUT2D eigenvalue weighted by molar-refractivity contribution is 0.776. The minimum atomic E-state index is -0.475. The van der Waals surface area contributed by atoms with Gasteiger partial charge in [0.1, 0.15) is 5.02 Å². The minimum absolute atomic E-state index is 0.0531. The molecule has 17 heavy (non-hydrogen) atoms. The van der Waals surface area contributed by atoms with Crippen LogP contribution in [0.5, 0.6) is 0 Å². The van der Waals surface area contributed by atoms with Crippen molar-refractivity contribution in [1.29, 1.82) is 0 Å². The van der Waals surface area contributed by atoms with E-state index in [-0.39, 0.29) is 10.0 Å². The smallest absolute Gasteiger partial charge is 0.266 e. The molecule has 2 aromatic heterocycles. The fourth-order valence-corrected chi connectivity index (χ4v) is 1.76. The van der Waals surface area contributed by atoms with Crippen molar-refractivity contribution in [3.63, 3.8) is 0 Å². The SMILES string of the molecule is Cc1cc(C)nc(-n2ncc(Cl)c(Cl)c2=O)c1. The number of aryl methyl sites for hydroxylation is 2. The van der Waals surface area contributed by atoms with Gasteiger partial charge in [-0.25, -0.2) is 4.98 Å². The van der Waals surface area contributed by atoms with E-state index in [1.165, 1.54) is 6.20 Å². The van der Waals surface area contributed by atoms with Crippen molar-refractivity contribution in [2.75, 3.05) is 0 Å². The topological polar surface area (TPSA) is 47.8 Å². The maximum atomic E-state index is 11.9. The van der Waals surface area contributed by atoms with Crippen molar-refractivity contribution in [3.8, 4) is 5.82 Å². The molecule has 0 N–H and O–H groups in total. The summed E-state index contributed by atoms with van der Waals surface area (Å²) in [4.78, 5) is 16.1. The third kappa shape index (κ3) is 2.33. The molecule has 0 amide bonds. The summed E-state index contributed by atoms with van der Waals surface area (Å²) < 4.78 is 1.13. The van der Waals surface area contributed by atoms with Gasteiger partial charge in [0.2, 0.25) is 0 Å². The van der Waals surface area contributed by atoms with Crippen LogP contribution < -0.4 is 5.56 Å². The zero-order chi connectivity index (χ0) is 12.6. The molecule has 0 saturated carbocycles. The summed E-state index contributed by atoms with van der Waals surface area (Å²) in [6, 6.07) is 3.66. The third-order valence-corrected chi connectivity index (χ3v) is 2.93. The van der Waals surface area contributed by atoms with E-state index < -0.39 is 5.56 Å². The molecule has 0 saturated heterocycles. The van der Waals surface area contributed by atoms with Gasteiger partial charge in [-0.15, -0.1) is 0 Å². The van der Waals surface area contributed by atoms with Crippen LogP contribution in [0.3, 0.4) is 0 Å². The molecule has 88 valence electrons. The van der Waals surface area contributed by atoms with Gasteiger partial charge in [-0.2, -0.15) is 9.78 Å². The van der Waals surface area contributed by atoms with E-state index in [2.05, 4.69) is 10.1 Å².